The van der Waals surface area contributed by atoms with Gasteiger partial charge in [-0.25, -0.2) is 4.39 Å². The van der Waals surface area contributed by atoms with Crippen LogP contribution in [0.1, 0.15) is 18.1 Å². The molecule has 2 heteroatoms. The maximum absolute atomic E-state index is 13.3. The Hall–Kier alpha value is -0.120. The van der Waals surface area contributed by atoms with Gasteiger partial charge in [0, 0.05) is 9.13 Å². The summed E-state index contributed by atoms with van der Waals surface area (Å²) in [7, 11) is 0. The van der Waals surface area contributed by atoms with Crippen molar-refractivity contribution < 1.29 is 4.39 Å². The third-order valence-corrected chi connectivity index (χ3v) is 2.74. The highest BCUT2D eigenvalue weighted by atomic mass is 127. The van der Waals surface area contributed by atoms with E-state index in [0.29, 0.717) is 0 Å². The van der Waals surface area contributed by atoms with Crippen molar-refractivity contribution in [2.45, 2.75) is 20.3 Å². The molecule has 0 spiro atoms. The molecule has 0 unspecified atom stereocenters. The smallest absolute Gasteiger partial charge is 0.130 e. The Morgan fingerprint density at radius 2 is 2.09 bits per heavy atom. The van der Waals surface area contributed by atoms with Gasteiger partial charge in [0.15, 0.2) is 0 Å². The summed E-state index contributed by atoms with van der Waals surface area (Å²) in [5, 5.41) is 0. The van der Waals surface area contributed by atoms with Crippen molar-refractivity contribution in [1.29, 1.82) is 0 Å². The molecule has 0 nitrogen and oxygen atoms in total. The van der Waals surface area contributed by atoms with Gasteiger partial charge in [0.2, 0.25) is 0 Å². The molecule has 0 saturated heterocycles. The monoisotopic (exact) mass is 264 g/mol. The van der Waals surface area contributed by atoms with Gasteiger partial charge in [-0.15, -0.1) is 0 Å². The van der Waals surface area contributed by atoms with Gasteiger partial charge in [-0.05, 0) is 47.6 Å². The van der Waals surface area contributed by atoms with E-state index < -0.39 is 0 Å². The van der Waals surface area contributed by atoms with E-state index in [1.54, 1.807) is 6.92 Å². The zero-order chi connectivity index (χ0) is 8.43. The fraction of sp³-hybridized carbons (Fsp3) is 0.333. The van der Waals surface area contributed by atoms with Gasteiger partial charge in [0.25, 0.3) is 0 Å². The molecular formula is C9H10FI. The van der Waals surface area contributed by atoms with Crippen molar-refractivity contribution >= 4 is 22.6 Å². The van der Waals surface area contributed by atoms with Crippen molar-refractivity contribution in [2.75, 3.05) is 0 Å². The SMILES string of the molecule is CCc1c(I)ccc(C)c1F. The van der Waals surface area contributed by atoms with E-state index in [4.69, 9.17) is 0 Å². The first-order valence-electron chi connectivity index (χ1n) is 3.60. The van der Waals surface area contributed by atoms with Crippen molar-refractivity contribution in [2.24, 2.45) is 0 Å². The average Bonchev–Trinajstić information content (AvgIpc) is 1.99. The van der Waals surface area contributed by atoms with Gasteiger partial charge >= 0.3 is 0 Å². The summed E-state index contributed by atoms with van der Waals surface area (Å²) in [6.45, 7) is 3.77. The van der Waals surface area contributed by atoms with Crippen LogP contribution in [-0.2, 0) is 6.42 Å². The highest BCUT2D eigenvalue weighted by molar-refractivity contribution is 14.1. The van der Waals surface area contributed by atoms with Crippen LogP contribution in [0.3, 0.4) is 0 Å². The lowest BCUT2D eigenvalue weighted by molar-refractivity contribution is 0.601. The van der Waals surface area contributed by atoms with Crippen LogP contribution >= 0.6 is 22.6 Å². The predicted octanol–water partition coefficient (Wildman–Crippen LogP) is 3.30. The van der Waals surface area contributed by atoms with Crippen LogP contribution in [0, 0.1) is 16.3 Å². The third kappa shape index (κ3) is 1.72. The number of hydrogen-bond donors (Lipinski definition) is 0. The van der Waals surface area contributed by atoms with E-state index >= 15 is 0 Å². The van der Waals surface area contributed by atoms with E-state index in [0.717, 1.165) is 21.1 Å². The van der Waals surface area contributed by atoms with Gasteiger partial charge in [-0.2, -0.15) is 0 Å². The van der Waals surface area contributed by atoms with Crippen molar-refractivity contribution in [3.8, 4) is 0 Å². The third-order valence-electron chi connectivity index (χ3n) is 1.73. The van der Waals surface area contributed by atoms with E-state index in [1.165, 1.54) is 0 Å². The Balaban J connectivity index is 3.29. The molecule has 1 rings (SSSR count). The van der Waals surface area contributed by atoms with Crippen LogP contribution in [0.2, 0.25) is 0 Å². The number of benzene rings is 1. The van der Waals surface area contributed by atoms with Gasteiger partial charge in [0.1, 0.15) is 5.82 Å². The van der Waals surface area contributed by atoms with E-state index in [2.05, 4.69) is 22.6 Å². The van der Waals surface area contributed by atoms with E-state index in [9.17, 15) is 4.39 Å². The second-order valence-corrected chi connectivity index (χ2v) is 3.67. The summed E-state index contributed by atoms with van der Waals surface area (Å²) < 4.78 is 14.3. The Morgan fingerprint density at radius 1 is 1.45 bits per heavy atom. The molecule has 0 atom stereocenters. The molecule has 0 N–H and O–H groups in total. The number of hydrogen-bond acceptors (Lipinski definition) is 0. The standard InChI is InChI=1S/C9H10FI/c1-3-7-8(11)5-4-6(2)9(7)10/h4-5H,3H2,1-2H3. The molecule has 0 aliphatic heterocycles. The highest BCUT2D eigenvalue weighted by Crippen LogP contribution is 2.19. The largest absolute Gasteiger partial charge is 0.206 e. The van der Waals surface area contributed by atoms with Crippen LogP contribution in [0.4, 0.5) is 4.39 Å². The normalized spacial score (nSPS) is 10.2. The first kappa shape index (κ1) is 8.97. The molecule has 1 aromatic rings. The quantitative estimate of drug-likeness (QED) is 0.683. The average molecular weight is 264 g/mol. The molecule has 0 heterocycles. The Kier molecular flexibility index (Phi) is 2.87. The minimum atomic E-state index is -0.0422. The topological polar surface area (TPSA) is 0 Å². The van der Waals surface area contributed by atoms with Gasteiger partial charge in [-0.1, -0.05) is 13.0 Å². The molecule has 0 aliphatic rings. The minimum Gasteiger partial charge on any atom is -0.206 e. The van der Waals surface area contributed by atoms with Crippen molar-refractivity contribution in [3.05, 3.63) is 32.6 Å². The Bertz CT molecular complexity index is 269. The first-order valence-corrected chi connectivity index (χ1v) is 4.68. The van der Waals surface area contributed by atoms with Crippen LogP contribution in [0.15, 0.2) is 12.1 Å². The number of aryl methyl sites for hydroxylation is 1. The molecular weight excluding hydrogens is 254 g/mol. The number of rotatable bonds is 1. The summed E-state index contributed by atoms with van der Waals surface area (Å²) in [5.41, 5.74) is 1.58. The molecule has 0 saturated carbocycles. The lowest BCUT2D eigenvalue weighted by Gasteiger charge is -2.04. The van der Waals surface area contributed by atoms with Crippen molar-refractivity contribution in [1.82, 2.24) is 0 Å². The molecule has 0 fully saturated rings. The summed E-state index contributed by atoms with van der Waals surface area (Å²) in [6.07, 6.45) is 0.770. The fourth-order valence-electron chi connectivity index (χ4n) is 1.04. The lowest BCUT2D eigenvalue weighted by atomic mass is 10.1. The summed E-state index contributed by atoms with van der Waals surface area (Å²) in [4.78, 5) is 0. The highest BCUT2D eigenvalue weighted by Gasteiger charge is 2.06. The van der Waals surface area contributed by atoms with E-state index in [-0.39, 0.29) is 5.82 Å². The molecule has 0 bridgehead atoms. The second kappa shape index (κ2) is 3.52. The van der Waals surface area contributed by atoms with Crippen LogP contribution in [-0.4, -0.2) is 0 Å². The summed E-state index contributed by atoms with van der Waals surface area (Å²) >= 11 is 2.16. The molecule has 60 valence electrons. The Morgan fingerprint density at radius 3 is 2.55 bits per heavy atom. The first-order chi connectivity index (χ1) is 5.16. The molecule has 0 aromatic heterocycles. The zero-order valence-electron chi connectivity index (χ0n) is 6.62. The lowest BCUT2D eigenvalue weighted by Crippen LogP contribution is -1.94. The van der Waals surface area contributed by atoms with Gasteiger partial charge in [-0.3, -0.25) is 0 Å². The fourth-order valence-corrected chi connectivity index (χ4v) is 1.84. The molecule has 1 aromatic carbocycles. The van der Waals surface area contributed by atoms with Crippen LogP contribution < -0.4 is 0 Å². The molecule has 11 heavy (non-hydrogen) atoms. The van der Waals surface area contributed by atoms with Gasteiger partial charge < -0.3 is 0 Å². The summed E-state index contributed by atoms with van der Waals surface area (Å²) in [5.74, 6) is -0.0422. The maximum atomic E-state index is 13.3. The second-order valence-electron chi connectivity index (χ2n) is 2.51. The molecule has 0 amide bonds. The van der Waals surface area contributed by atoms with Gasteiger partial charge in [0.05, 0.1) is 0 Å². The van der Waals surface area contributed by atoms with E-state index in [1.807, 2.05) is 19.1 Å². The molecule has 0 radical (unpaired) electrons. The van der Waals surface area contributed by atoms with Crippen molar-refractivity contribution in [3.63, 3.8) is 0 Å². The van der Waals surface area contributed by atoms with Crippen LogP contribution in [0.5, 0.6) is 0 Å². The molecule has 0 aliphatic carbocycles. The zero-order valence-corrected chi connectivity index (χ0v) is 8.78. The van der Waals surface area contributed by atoms with Crippen LogP contribution in [0.25, 0.3) is 0 Å². The minimum absolute atomic E-state index is 0.0422. The maximum Gasteiger partial charge on any atom is 0.130 e. The predicted molar refractivity (Wildman–Crippen MR) is 53.2 cm³/mol. The summed E-state index contributed by atoms with van der Waals surface area (Å²) in [6, 6.07) is 3.77. The Labute approximate surface area is 80.0 Å². The number of halogens is 2.